The number of hydrogen-bond donors (Lipinski definition) is 3. The van der Waals surface area contributed by atoms with E-state index in [4.69, 9.17) is 15.6 Å². The number of nitrogens with zero attached hydrogens (tertiary/aromatic N) is 4. The van der Waals surface area contributed by atoms with E-state index >= 15 is 0 Å². The number of hydrogen-bond acceptors (Lipinski definition) is 7. The van der Waals surface area contributed by atoms with Crippen molar-refractivity contribution in [2.75, 3.05) is 12.3 Å². The number of aliphatic hydroxyl groups excluding tert-OH is 2. The standard InChI is InChI=1S/C11H13F2N5O3/c1-4-16-8(14)5-9(17-4)18(3-15-5)10-6(20)7(12)11(13,2-19)21-10/h3,6-7,10,19-20H,2H2,1H3,(H2,14,16,17)/t6-,7+,10-,11-/m1/s1. The maximum Gasteiger partial charge on any atom is 0.268 e. The third-order valence-corrected chi connectivity index (χ3v) is 3.37. The molecule has 1 aliphatic rings. The molecule has 114 valence electrons. The predicted octanol–water partition coefficient (Wildman–Crippen LogP) is -0.397. The second-order valence-electron chi connectivity index (χ2n) is 4.83. The monoisotopic (exact) mass is 301 g/mol. The van der Waals surface area contributed by atoms with Gasteiger partial charge in [0.15, 0.2) is 23.9 Å². The Labute approximate surface area is 117 Å². The number of ether oxygens (including phenoxy) is 1. The van der Waals surface area contributed by atoms with Crippen LogP contribution in [0.4, 0.5) is 14.6 Å². The molecule has 3 rings (SSSR count). The molecule has 0 unspecified atom stereocenters. The highest BCUT2D eigenvalue weighted by Gasteiger charge is 2.57. The Morgan fingerprint density at radius 1 is 1.52 bits per heavy atom. The van der Waals surface area contributed by atoms with Crippen molar-refractivity contribution in [1.82, 2.24) is 19.5 Å². The lowest BCUT2D eigenvalue weighted by Gasteiger charge is -2.18. The van der Waals surface area contributed by atoms with Gasteiger partial charge in [0, 0.05) is 0 Å². The van der Waals surface area contributed by atoms with Crippen LogP contribution >= 0.6 is 0 Å². The number of anilines is 1. The second kappa shape index (κ2) is 4.55. The van der Waals surface area contributed by atoms with Crippen LogP contribution in [0.25, 0.3) is 11.2 Å². The number of alkyl halides is 2. The van der Waals surface area contributed by atoms with Gasteiger partial charge in [-0.1, -0.05) is 0 Å². The van der Waals surface area contributed by atoms with Gasteiger partial charge in [0.05, 0.1) is 6.33 Å². The molecular formula is C11H13F2N5O3. The van der Waals surface area contributed by atoms with Crippen molar-refractivity contribution in [3.63, 3.8) is 0 Å². The Balaban J connectivity index is 2.10. The molecule has 10 heteroatoms. The number of imidazole rings is 1. The summed E-state index contributed by atoms with van der Waals surface area (Å²) < 4.78 is 33.7. The summed E-state index contributed by atoms with van der Waals surface area (Å²) in [6, 6.07) is 0. The number of fused-ring (bicyclic) bond motifs is 1. The number of aliphatic hydroxyl groups is 2. The van der Waals surface area contributed by atoms with Gasteiger partial charge >= 0.3 is 0 Å². The molecule has 1 aliphatic heterocycles. The molecule has 0 spiro atoms. The topological polar surface area (TPSA) is 119 Å². The lowest BCUT2D eigenvalue weighted by molar-refractivity contribution is -0.195. The zero-order chi connectivity index (χ0) is 15.4. The first kappa shape index (κ1) is 14.0. The number of nitrogen functional groups attached to an aromatic ring is 1. The highest BCUT2D eigenvalue weighted by atomic mass is 19.2. The van der Waals surface area contributed by atoms with Gasteiger partial charge in [0.25, 0.3) is 5.85 Å². The van der Waals surface area contributed by atoms with E-state index in [0.717, 1.165) is 4.57 Å². The first-order chi connectivity index (χ1) is 9.87. The fourth-order valence-corrected chi connectivity index (χ4v) is 2.32. The smallest absolute Gasteiger partial charge is 0.268 e. The molecule has 0 aromatic carbocycles. The summed E-state index contributed by atoms with van der Waals surface area (Å²) in [6.45, 7) is 0.370. The minimum Gasteiger partial charge on any atom is -0.390 e. The SMILES string of the molecule is Cc1nc(N)c2ncn([C@@H]3O[C@](F)(CO)[C@@H](F)[C@H]3O)c2n1. The summed E-state index contributed by atoms with van der Waals surface area (Å²) in [4.78, 5) is 12.0. The number of rotatable bonds is 2. The Hall–Kier alpha value is -1.91. The largest absolute Gasteiger partial charge is 0.390 e. The van der Waals surface area contributed by atoms with Crippen LogP contribution in [0.2, 0.25) is 0 Å². The van der Waals surface area contributed by atoms with Gasteiger partial charge in [-0.3, -0.25) is 4.57 Å². The third-order valence-electron chi connectivity index (χ3n) is 3.37. The number of halogens is 2. The van der Waals surface area contributed by atoms with Crippen molar-refractivity contribution in [1.29, 1.82) is 0 Å². The minimum atomic E-state index is -2.98. The van der Waals surface area contributed by atoms with E-state index in [1.165, 1.54) is 6.33 Å². The van der Waals surface area contributed by atoms with E-state index in [9.17, 15) is 13.9 Å². The zero-order valence-electron chi connectivity index (χ0n) is 10.9. The molecule has 21 heavy (non-hydrogen) atoms. The minimum absolute atomic E-state index is 0.106. The molecule has 4 atom stereocenters. The van der Waals surface area contributed by atoms with Gasteiger partial charge in [0.1, 0.15) is 24.1 Å². The Kier molecular flexibility index (Phi) is 3.04. The van der Waals surface area contributed by atoms with E-state index < -0.39 is 31.0 Å². The first-order valence-electron chi connectivity index (χ1n) is 6.14. The highest BCUT2D eigenvalue weighted by molar-refractivity contribution is 5.81. The van der Waals surface area contributed by atoms with Gasteiger partial charge in [0.2, 0.25) is 0 Å². The van der Waals surface area contributed by atoms with Crippen LogP contribution in [-0.4, -0.2) is 54.5 Å². The van der Waals surface area contributed by atoms with Crippen molar-refractivity contribution in [2.45, 2.75) is 31.3 Å². The lowest BCUT2D eigenvalue weighted by atomic mass is 10.1. The first-order valence-corrected chi connectivity index (χ1v) is 6.14. The van der Waals surface area contributed by atoms with Gasteiger partial charge in [-0.2, -0.15) is 0 Å². The fourth-order valence-electron chi connectivity index (χ4n) is 2.32. The summed E-state index contributed by atoms with van der Waals surface area (Å²) in [7, 11) is 0. The van der Waals surface area contributed by atoms with Crippen LogP contribution in [0.3, 0.4) is 0 Å². The van der Waals surface area contributed by atoms with Crippen LogP contribution in [0.1, 0.15) is 12.1 Å². The summed E-state index contributed by atoms with van der Waals surface area (Å²) in [6.07, 6.45) is -4.45. The molecule has 1 fully saturated rings. The van der Waals surface area contributed by atoms with Gasteiger partial charge in [-0.15, -0.1) is 0 Å². The second-order valence-corrected chi connectivity index (χ2v) is 4.83. The maximum absolute atomic E-state index is 14.0. The Morgan fingerprint density at radius 2 is 2.24 bits per heavy atom. The van der Waals surface area contributed by atoms with Crippen molar-refractivity contribution in [3.05, 3.63) is 12.2 Å². The molecule has 0 saturated carbocycles. The van der Waals surface area contributed by atoms with Crippen molar-refractivity contribution in [3.8, 4) is 0 Å². The van der Waals surface area contributed by atoms with Crippen molar-refractivity contribution in [2.24, 2.45) is 0 Å². The van der Waals surface area contributed by atoms with E-state index in [1.807, 2.05) is 0 Å². The molecule has 3 heterocycles. The van der Waals surface area contributed by atoms with Crippen LogP contribution in [-0.2, 0) is 4.74 Å². The quantitative estimate of drug-likeness (QED) is 0.690. The molecule has 0 bridgehead atoms. The molecule has 0 aliphatic carbocycles. The predicted molar refractivity (Wildman–Crippen MR) is 66.4 cm³/mol. The summed E-state index contributed by atoms with van der Waals surface area (Å²) in [5, 5.41) is 18.7. The Bertz CT molecular complexity index is 696. The van der Waals surface area contributed by atoms with Crippen molar-refractivity contribution >= 4 is 17.0 Å². The molecule has 1 saturated heterocycles. The molecule has 0 amide bonds. The van der Waals surface area contributed by atoms with E-state index in [1.54, 1.807) is 6.92 Å². The van der Waals surface area contributed by atoms with Crippen LogP contribution in [0, 0.1) is 6.92 Å². The van der Waals surface area contributed by atoms with Gasteiger partial charge in [-0.25, -0.2) is 23.7 Å². The fraction of sp³-hybridized carbons (Fsp3) is 0.545. The van der Waals surface area contributed by atoms with E-state index in [0.29, 0.717) is 5.82 Å². The number of aromatic nitrogens is 4. The summed E-state index contributed by atoms with van der Waals surface area (Å²) >= 11 is 0. The Morgan fingerprint density at radius 3 is 2.86 bits per heavy atom. The molecule has 8 nitrogen and oxygen atoms in total. The third kappa shape index (κ3) is 1.94. The molecular weight excluding hydrogens is 288 g/mol. The van der Waals surface area contributed by atoms with Gasteiger partial charge < -0.3 is 20.7 Å². The van der Waals surface area contributed by atoms with Crippen LogP contribution in [0.15, 0.2) is 6.33 Å². The highest BCUT2D eigenvalue weighted by Crippen LogP contribution is 2.40. The summed E-state index contributed by atoms with van der Waals surface area (Å²) in [5.74, 6) is -2.54. The molecule has 2 aromatic rings. The lowest BCUT2D eigenvalue weighted by Crippen LogP contribution is -2.39. The molecule has 0 radical (unpaired) electrons. The van der Waals surface area contributed by atoms with Crippen LogP contribution in [0.5, 0.6) is 0 Å². The van der Waals surface area contributed by atoms with E-state index in [-0.39, 0.29) is 17.0 Å². The van der Waals surface area contributed by atoms with Crippen molar-refractivity contribution < 1.29 is 23.7 Å². The normalized spacial score (nSPS) is 32.9. The molecule has 2 aromatic heterocycles. The van der Waals surface area contributed by atoms with Gasteiger partial charge in [-0.05, 0) is 6.92 Å². The average Bonchev–Trinajstić information content (AvgIpc) is 2.95. The number of aryl methyl sites for hydroxylation is 1. The maximum atomic E-state index is 14.0. The zero-order valence-corrected chi connectivity index (χ0v) is 10.9. The van der Waals surface area contributed by atoms with Crippen LogP contribution < -0.4 is 5.73 Å². The number of nitrogens with two attached hydrogens (primary N) is 1. The summed E-state index contributed by atoms with van der Waals surface area (Å²) in [5.41, 5.74) is 6.10. The molecule has 4 N–H and O–H groups in total. The van der Waals surface area contributed by atoms with E-state index in [2.05, 4.69) is 15.0 Å². The average molecular weight is 301 g/mol.